The Morgan fingerprint density at radius 3 is 2.88 bits per heavy atom. The number of aromatic nitrogens is 3. The summed E-state index contributed by atoms with van der Waals surface area (Å²) in [6.45, 7) is 3.89. The molecule has 0 N–H and O–H groups in total. The molecule has 0 aromatic carbocycles. The van der Waals surface area contributed by atoms with Gasteiger partial charge in [-0.3, -0.25) is 4.98 Å². The van der Waals surface area contributed by atoms with Gasteiger partial charge in [-0.2, -0.15) is 4.98 Å². The van der Waals surface area contributed by atoms with Crippen LogP contribution >= 0.6 is 0 Å². The highest BCUT2D eigenvalue weighted by atomic mass is 16.5. The third-order valence-corrected chi connectivity index (χ3v) is 4.92. The summed E-state index contributed by atoms with van der Waals surface area (Å²) in [5, 5.41) is 0. The van der Waals surface area contributed by atoms with Gasteiger partial charge in [0.15, 0.2) is 0 Å². The van der Waals surface area contributed by atoms with Crippen LogP contribution < -0.4 is 9.47 Å². The van der Waals surface area contributed by atoms with Crippen LogP contribution in [0.1, 0.15) is 35.8 Å². The number of hydrogen-bond acceptors (Lipinski definition) is 6. The summed E-state index contributed by atoms with van der Waals surface area (Å²) in [5.41, 5.74) is 3.29. The van der Waals surface area contributed by atoms with E-state index in [9.17, 15) is 0 Å². The van der Waals surface area contributed by atoms with Crippen LogP contribution in [0.25, 0.3) is 5.57 Å². The normalized spacial score (nSPS) is 21.8. The molecule has 136 valence electrons. The van der Waals surface area contributed by atoms with E-state index < -0.39 is 0 Å². The van der Waals surface area contributed by atoms with Gasteiger partial charge in [0.2, 0.25) is 5.88 Å². The van der Waals surface area contributed by atoms with E-state index in [0.717, 1.165) is 42.3 Å². The van der Waals surface area contributed by atoms with E-state index in [2.05, 4.69) is 21.0 Å². The molecule has 4 rings (SSSR count). The van der Waals surface area contributed by atoms with Gasteiger partial charge in [0.1, 0.15) is 11.6 Å². The number of rotatable bonds is 6. The molecule has 6 nitrogen and oxygen atoms in total. The van der Waals surface area contributed by atoms with Crippen molar-refractivity contribution in [3.05, 3.63) is 47.7 Å². The van der Waals surface area contributed by atoms with Crippen LogP contribution in [0.2, 0.25) is 0 Å². The molecule has 6 heteroatoms. The predicted molar refractivity (Wildman–Crippen MR) is 97.3 cm³/mol. The molecule has 0 spiro atoms. The molecule has 2 aromatic heterocycles. The zero-order valence-corrected chi connectivity index (χ0v) is 15.1. The highest BCUT2D eigenvalue weighted by molar-refractivity contribution is 5.69. The van der Waals surface area contributed by atoms with Crippen LogP contribution in [0.3, 0.4) is 0 Å². The number of hydrogen-bond donors (Lipinski definition) is 0. The minimum atomic E-state index is 0.453. The van der Waals surface area contributed by atoms with Gasteiger partial charge in [-0.1, -0.05) is 6.08 Å². The van der Waals surface area contributed by atoms with E-state index in [-0.39, 0.29) is 0 Å². The largest absolute Gasteiger partial charge is 0.495 e. The first kappa shape index (κ1) is 17.0. The lowest BCUT2D eigenvalue weighted by molar-refractivity contribution is 0.161. The average molecular weight is 353 g/mol. The van der Waals surface area contributed by atoms with E-state index in [1.807, 2.05) is 25.3 Å². The Hall–Kier alpha value is -2.47. The fourth-order valence-corrected chi connectivity index (χ4v) is 3.26. The molecule has 1 aliphatic carbocycles. The molecule has 26 heavy (non-hydrogen) atoms. The highest BCUT2D eigenvalue weighted by Gasteiger charge is 2.40. The maximum Gasteiger partial charge on any atom is 0.224 e. The Kier molecular flexibility index (Phi) is 4.84. The Morgan fingerprint density at radius 1 is 1.23 bits per heavy atom. The Labute approximate surface area is 153 Å². The molecule has 0 radical (unpaired) electrons. The second-order valence-electron chi connectivity index (χ2n) is 6.73. The summed E-state index contributed by atoms with van der Waals surface area (Å²) < 4.78 is 16.7. The summed E-state index contributed by atoms with van der Waals surface area (Å²) in [6, 6.07) is 4.00. The lowest BCUT2D eigenvalue weighted by atomic mass is 10.0. The lowest BCUT2D eigenvalue weighted by Crippen LogP contribution is -2.09. The Morgan fingerprint density at radius 2 is 2.15 bits per heavy atom. The smallest absolute Gasteiger partial charge is 0.224 e. The lowest BCUT2D eigenvalue weighted by Gasteiger charge is -2.16. The van der Waals surface area contributed by atoms with E-state index in [0.29, 0.717) is 30.9 Å². The summed E-state index contributed by atoms with van der Waals surface area (Å²) >= 11 is 0. The number of nitrogens with zero attached hydrogens (tertiary/aromatic N) is 3. The van der Waals surface area contributed by atoms with Gasteiger partial charge < -0.3 is 14.2 Å². The molecule has 3 heterocycles. The van der Waals surface area contributed by atoms with Gasteiger partial charge >= 0.3 is 0 Å². The zero-order chi connectivity index (χ0) is 17.9. The number of ether oxygens (including phenoxy) is 3. The Balaban J connectivity index is 1.42. The number of aryl methyl sites for hydroxylation is 1. The molecule has 2 aromatic rings. The van der Waals surface area contributed by atoms with E-state index in [1.165, 1.54) is 5.57 Å². The SMILES string of the molecule is COc1ccc([C@H]2C[C@@H]2COc2nc(C)ncc2C2=CCOCC2)nc1. The summed E-state index contributed by atoms with van der Waals surface area (Å²) in [6.07, 6.45) is 7.69. The average Bonchev–Trinajstić information content (AvgIpc) is 3.47. The maximum absolute atomic E-state index is 6.11. The van der Waals surface area contributed by atoms with Crippen LogP contribution in [0.4, 0.5) is 0 Å². The first-order valence-corrected chi connectivity index (χ1v) is 8.98. The van der Waals surface area contributed by atoms with Crippen molar-refractivity contribution in [2.45, 2.75) is 25.7 Å². The molecular formula is C20H23N3O3. The maximum atomic E-state index is 6.11. The van der Waals surface area contributed by atoms with Crippen molar-refractivity contribution in [1.82, 2.24) is 15.0 Å². The third kappa shape index (κ3) is 3.70. The molecule has 1 fully saturated rings. The van der Waals surface area contributed by atoms with E-state index in [1.54, 1.807) is 13.3 Å². The van der Waals surface area contributed by atoms with Crippen LogP contribution in [0.5, 0.6) is 11.6 Å². The second kappa shape index (κ2) is 7.41. The highest BCUT2D eigenvalue weighted by Crippen LogP contribution is 2.47. The summed E-state index contributed by atoms with van der Waals surface area (Å²) in [7, 11) is 1.65. The molecule has 2 aliphatic rings. The number of methoxy groups -OCH3 is 1. The Bertz CT molecular complexity index is 804. The minimum Gasteiger partial charge on any atom is -0.495 e. The minimum absolute atomic E-state index is 0.453. The van der Waals surface area contributed by atoms with Crippen molar-refractivity contribution in [1.29, 1.82) is 0 Å². The molecule has 0 amide bonds. The first-order chi connectivity index (χ1) is 12.7. The summed E-state index contributed by atoms with van der Waals surface area (Å²) in [5.74, 6) is 3.12. The van der Waals surface area contributed by atoms with Crippen molar-refractivity contribution in [3.8, 4) is 11.6 Å². The van der Waals surface area contributed by atoms with Crippen molar-refractivity contribution in [2.75, 3.05) is 26.9 Å². The van der Waals surface area contributed by atoms with Gasteiger partial charge in [0.05, 0.1) is 38.7 Å². The van der Waals surface area contributed by atoms with Crippen LogP contribution in [-0.4, -0.2) is 41.9 Å². The van der Waals surface area contributed by atoms with Gasteiger partial charge in [0.25, 0.3) is 0 Å². The van der Waals surface area contributed by atoms with Crippen molar-refractivity contribution < 1.29 is 14.2 Å². The number of pyridine rings is 1. The second-order valence-corrected chi connectivity index (χ2v) is 6.73. The van der Waals surface area contributed by atoms with Crippen molar-refractivity contribution in [3.63, 3.8) is 0 Å². The molecule has 0 saturated heterocycles. The van der Waals surface area contributed by atoms with Crippen LogP contribution in [0, 0.1) is 12.8 Å². The molecule has 0 unspecified atom stereocenters. The molecule has 1 saturated carbocycles. The quantitative estimate of drug-likeness (QED) is 0.795. The monoisotopic (exact) mass is 353 g/mol. The zero-order valence-electron chi connectivity index (χ0n) is 15.1. The molecule has 1 aliphatic heterocycles. The molecule has 0 bridgehead atoms. The van der Waals surface area contributed by atoms with E-state index in [4.69, 9.17) is 14.2 Å². The fourth-order valence-electron chi connectivity index (χ4n) is 3.26. The van der Waals surface area contributed by atoms with Crippen LogP contribution in [0.15, 0.2) is 30.6 Å². The molecule has 2 atom stereocenters. The van der Waals surface area contributed by atoms with Crippen molar-refractivity contribution in [2.24, 2.45) is 5.92 Å². The van der Waals surface area contributed by atoms with Crippen LogP contribution in [-0.2, 0) is 4.74 Å². The van der Waals surface area contributed by atoms with E-state index >= 15 is 0 Å². The van der Waals surface area contributed by atoms with Gasteiger partial charge in [0, 0.05) is 23.7 Å². The predicted octanol–water partition coefficient (Wildman–Crippen LogP) is 3.17. The molecular weight excluding hydrogens is 330 g/mol. The van der Waals surface area contributed by atoms with Gasteiger partial charge in [-0.25, -0.2) is 4.98 Å². The topological polar surface area (TPSA) is 66.4 Å². The fraction of sp³-hybridized carbons (Fsp3) is 0.450. The third-order valence-electron chi connectivity index (χ3n) is 4.92. The summed E-state index contributed by atoms with van der Waals surface area (Å²) in [4.78, 5) is 13.4. The van der Waals surface area contributed by atoms with Crippen molar-refractivity contribution >= 4 is 5.57 Å². The van der Waals surface area contributed by atoms with Gasteiger partial charge in [-0.05, 0) is 37.5 Å². The standard InChI is InChI=1S/C20H23N3O3/c1-13-21-11-18(14-5-7-25-8-6-14)20(23-13)26-12-15-9-17(15)19-4-3-16(24-2)10-22-19/h3-5,10-11,15,17H,6-9,12H2,1-2H3/t15-,17+/m1/s1. The van der Waals surface area contributed by atoms with Gasteiger partial charge in [-0.15, -0.1) is 0 Å². The first-order valence-electron chi connectivity index (χ1n) is 8.98.